The molecule has 0 fully saturated rings. The molecule has 0 bridgehead atoms. The quantitative estimate of drug-likeness (QED) is 0.429. The van der Waals surface area contributed by atoms with E-state index in [2.05, 4.69) is 5.32 Å². The van der Waals surface area contributed by atoms with Crippen LogP contribution >= 0.6 is 23.2 Å². The smallest absolute Gasteiger partial charge is 0.304 e. The number of nitrogens with one attached hydrogen (secondary N) is 1. The van der Waals surface area contributed by atoms with Gasteiger partial charge in [-0.1, -0.05) is 48.3 Å². The van der Waals surface area contributed by atoms with Gasteiger partial charge in [0.1, 0.15) is 12.6 Å². The average Bonchev–Trinajstić information content (AvgIpc) is 2.80. The number of nitrogens with zero attached hydrogens (tertiary/aromatic N) is 3. The monoisotopic (exact) mass is 570 g/mol. The molecule has 2 rings (SSSR count). The normalized spacial score (nSPS) is 12.5. The summed E-state index contributed by atoms with van der Waals surface area (Å²) in [5.41, 5.74) is 2.61. The molecule has 1 atom stereocenters. The topological polar surface area (TPSA) is 90.0 Å². The van der Waals surface area contributed by atoms with E-state index in [1.165, 1.54) is 19.0 Å². The molecule has 0 radical (unpaired) electrons. The number of benzene rings is 2. The summed E-state index contributed by atoms with van der Waals surface area (Å²) in [5.74, 6) is -0.845. The molecule has 2 amide bonds. The van der Waals surface area contributed by atoms with Crippen molar-refractivity contribution in [2.75, 3.05) is 24.9 Å². The summed E-state index contributed by atoms with van der Waals surface area (Å²) in [7, 11) is -1.21. The maximum atomic E-state index is 13.9. The number of carbonyl (C=O) groups is 2. The predicted octanol–water partition coefficient (Wildman–Crippen LogP) is 4.56. The van der Waals surface area contributed by atoms with E-state index < -0.39 is 28.7 Å². The lowest BCUT2D eigenvalue weighted by Crippen LogP contribution is -2.54. The van der Waals surface area contributed by atoms with Gasteiger partial charge in [-0.15, -0.1) is 0 Å². The van der Waals surface area contributed by atoms with Crippen LogP contribution in [0, 0.1) is 13.8 Å². The minimum atomic E-state index is -4.04. The first-order valence-corrected chi connectivity index (χ1v) is 14.2. The zero-order valence-corrected chi connectivity index (χ0v) is 24.7. The van der Waals surface area contributed by atoms with E-state index in [1.807, 2.05) is 32.9 Å². The summed E-state index contributed by atoms with van der Waals surface area (Å²) in [6.07, 6.45) is 0.329. The van der Waals surface area contributed by atoms with Crippen molar-refractivity contribution < 1.29 is 18.0 Å². The van der Waals surface area contributed by atoms with E-state index in [1.54, 1.807) is 38.1 Å². The molecule has 0 spiro atoms. The molecule has 11 heteroatoms. The number of aryl methyl sites for hydroxylation is 2. The first kappa shape index (κ1) is 30.9. The summed E-state index contributed by atoms with van der Waals surface area (Å²) in [4.78, 5) is 28.4. The van der Waals surface area contributed by atoms with Crippen molar-refractivity contribution >= 4 is 50.9 Å². The van der Waals surface area contributed by atoms with Crippen LogP contribution in [0.2, 0.25) is 10.0 Å². The number of carbonyl (C=O) groups excluding carboxylic acids is 2. The summed E-state index contributed by atoms with van der Waals surface area (Å²) in [5, 5.41) is 3.55. The molecular weight excluding hydrogens is 535 g/mol. The first-order chi connectivity index (χ1) is 17.2. The van der Waals surface area contributed by atoms with Crippen molar-refractivity contribution in [2.45, 2.75) is 59.7 Å². The Morgan fingerprint density at radius 1 is 1.00 bits per heavy atom. The van der Waals surface area contributed by atoms with Crippen LogP contribution in [-0.2, 0) is 26.3 Å². The maximum Gasteiger partial charge on any atom is 0.304 e. The van der Waals surface area contributed by atoms with Crippen molar-refractivity contribution in [1.82, 2.24) is 14.5 Å². The van der Waals surface area contributed by atoms with Crippen LogP contribution in [-0.4, -0.2) is 62.2 Å². The van der Waals surface area contributed by atoms with Gasteiger partial charge in [-0.25, -0.2) is 4.31 Å². The lowest BCUT2D eigenvalue weighted by molar-refractivity contribution is -0.140. The van der Waals surface area contributed by atoms with Crippen molar-refractivity contribution in [3.63, 3.8) is 0 Å². The van der Waals surface area contributed by atoms with Gasteiger partial charge in [0.15, 0.2) is 0 Å². The minimum Gasteiger partial charge on any atom is -0.352 e. The van der Waals surface area contributed by atoms with Gasteiger partial charge in [0.2, 0.25) is 11.8 Å². The van der Waals surface area contributed by atoms with Crippen LogP contribution in [0.25, 0.3) is 0 Å². The number of halogens is 2. The minimum absolute atomic E-state index is 0.0440. The van der Waals surface area contributed by atoms with E-state index in [9.17, 15) is 18.0 Å². The molecule has 2 aromatic carbocycles. The predicted molar refractivity (Wildman–Crippen MR) is 150 cm³/mol. The van der Waals surface area contributed by atoms with Crippen molar-refractivity contribution in [3.05, 3.63) is 63.1 Å². The molecule has 37 heavy (non-hydrogen) atoms. The Kier molecular flexibility index (Phi) is 10.8. The molecule has 0 aromatic heterocycles. The number of hydrogen-bond donors (Lipinski definition) is 1. The lowest BCUT2D eigenvalue weighted by Gasteiger charge is -2.34. The van der Waals surface area contributed by atoms with Crippen LogP contribution < -0.4 is 9.62 Å². The second-order valence-electron chi connectivity index (χ2n) is 9.44. The Morgan fingerprint density at radius 2 is 1.65 bits per heavy atom. The molecule has 0 aliphatic rings. The molecule has 2 aromatic rings. The van der Waals surface area contributed by atoms with Gasteiger partial charge in [-0.05, 0) is 69.0 Å². The number of hydrogen-bond acceptors (Lipinski definition) is 4. The molecule has 0 unspecified atom stereocenters. The molecule has 0 saturated heterocycles. The third kappa shape index (κ3) is 7.83. The highest BCUT2D eigenvalue weighted by Gasteiger charge is 2.34. The van der Waals surface area contributed by atoms with Gasteiger partial charge in [0.05, 0.1) is 15.7 Å². The fraction of sp³-hybridized carbons (Fsp3) is 0.462. The molecule has 1 N–H and O–H groups in total. The van der Waals surface area contributed by atoms with Crippen LogP contribution in [0.15, 0.2) is 36.4 Å². The van der Waals surface area contributed by atoms with E-state index in [4.69, 9.17) is 23.2 Å². The second kappa shape index (κ2) is 13.0. The standard InChI is InChI=1S/C26H36Cl2N4O4S/c1-8-23(26(34)29-17(2)3)31(15-20-11-12-21(27)22(28)14-20)25(33)16-32(37(35,36)30(6)7)24-13-18(4)9-10-19(24)5/h9-14,17,23H,8,15-16H2,1-7H3,(H,29,34)/t23-/m1/s1. The lowest BCUT2D eigenvalue weighted by atomic mass is 10.1. The third-order valence-electron chi connectivity index (χ3n) is 5.81. The van der Waals surface area contributed by atoms with E-state index in [-0.39, 0.29) is 18.5 Å². The number of amides is 2. The second-order valence-corrected chi connectivity index (χ2v) is 12.3. The summed E-state index contributed by atoms with van der Waals surface area (Å²) < 4.78 is 28.9. The van der Waals surface area contributed by atoms with Crippen LogP contribution in [0.5, 0.6) is 0 Å². The van der Waals surface area contributed by atoms with Gasteiger partial charge in [-0.2, -0.15) is 12.7 Å². The Hall–Kier alpha value is -2.33. The van der Waals surface area contributed by atoms with Gasteiger partial charge < -0.3 is 10.2 Å². The zero-order valence-electron chi connectivity index (χ0n) is 22.4. The van der Waals surface area contributed by atoms with E-state index in [0.717, 1.165) is 14.2 Å². The Balaban J connectivity index is 2.58. The van der Waals surface area contributed by atoms with Crippen molar-refractivity contribution in [2.24, 2.45) is 0 Å². The van der Waals surface area contributed by atoms with Gasteiger partial charge in [0, 0.05) is 26.7 Å². The Labute approximate surface area is 230 Å². The SMILES string of the molecule is CC[C@H](C(=O)NC(C)C)N(Cc1ccc(Cl)c(Cl)c1)C(=O)CN(c1cc(C)ccc1C)S(=O)(=O)N(C)C. The number of rotatable bonds is 11. The van der Waals surface area contributed by atoms with Gasteiger partial charge in [0.25, 0.3) is 0 Å². The van der Waals surface area contributed by atoms with Crippen molar-refractivity contribution in [3.8, 4) is 0 Å². The van der Waals surface area contributed by atoms with E-state index >= 15 is 0 Å². The Bertz CT molecular complexity index is 1240. The average molecular weight is 572 g/mol. The van der Waals surface area contributed by atoms with Crippen LogP contribution in [0.3, 0.4) is 0 Å². The first-order valence-electron chi connectivity index (χ1n) is 12.0. The van der Waals surface area contributed by atoms with Crippen LogP contribution in [0.1, 0.15) is 43.9 Å². The highest BCUT2D eigenvalue weighted by atomic mass is 35.5. The zero-order chi connectivity index (χ0) is 28.1. The maximum absolute atomic E-state index is 13.9. The number of anilines is 1. The largest absolute Gasteiger partial charge is 0.352 e. The fourth-order valence-corrected chi connectivity index (χ4v) is 5.26. The highest BCUT2D eigenvalue weighted by Crippen LogP contribution is 2.27. The Morgan fingerprint density at radius 3 is 2.19 bits per heavy atom. The molecule has 0 saturated carbocycles. The fourth-order valence-electron chi connectivity index (χ4n) is 3.82. The summed E-state index contributed by atoms with van der Waals surface area (Å²) >= 11 is 12.3. The van der Waals surface area contributed by atoms with Gasteiger partial charge in [-0.3, -0.25) is 9.59 Å². The van der Waals surface area contributed by atoms with Crippen molar-refractivity contribution in [1.29, 1.82) is 0 Å². The summed E-state index contributed by atoms with van der Waals surface area (Å²) in [6, 6.07) is 9.44. The third-order valence-corrected chi connectivity index (χ3v) is 8.35. The van der Waals surface area contributed by atoms with E-state index in [0.29, 0.717) is 33.3 Å². The van der Waals surface area contributed by atoms with Crippen LogP contribution in [0.4, 0.5) is 5.69 Å². The molecular formula is C26H36Cl2N4O4S. The summed E-state index contributed by atoms with van der Waals surface area (Å²) in [6.45, 7) is 8.67. The molecule has 0 aliphatic heterocycles. The molecule has 204 valence electrons. The molecule has 8 nitrogen and oxygen atoms in total. The molecule has 0 heterocycles. The molecule has 0 aliphatic carbocycles. The highest BCUT2D eigenvalue weighted by molar-refractivity contribution is 7.90. The van der Waals surface area contributed by atoms with Gasteiger partial charge >= 0.3 is 10.2 Å².